The standard InChI is InChI=1S/C9H7NO2S2/c1-13-5-2-3-6-7(4-5)14-8(10-6)9(11)12/h2-4H,1H3,(H,11,12). The Morgan fingerprint density at radius 2 is 2.36 bits per heavy atom. The molecule has 1 heterocycles. The van der Waals surface area contributed by atoms with Crippen LogP contribution in [0.25, 0.3) is 10.2 Å². The number of carboxylic acids is 1. The lowest BCUT2D eigenvalue weighted by molar-refractivity contribution is 0.0696. The van der Waals surface area contributed by atoms with E-state index in [-0.39, 0.29) is 5.01 Å². The number of aromatic carboxylic acids is 1. The number of fused-ring (bicyclic) bond motifs is 1. The highest BCUT2D eigenvalue weighted by atomic mass is 32.2. The fraction of sp³-hybridized carbons (Fsp3) is 0.111. The lowest BCUT2D eigenvalue weighted by atomic mass is 10.3. The van der Waals surface area contributed by atoms with Crippen LogP contribution in [-0.2, 0) is 0 Å². The molecule has 0 radical (unpaired) electrons. The first-order valence-electron chi connectivity index (χ1n) is 3.88. The highest BCUT2D eigenvalue weighted by molar-refractivity contribution is 7.98. The van der Waals surface area contributed by atoms with Crippen LogP contribution in [0.15, 0.2) is 23.1 Å². The van der Waals surface area contributed by atoms with Gasteiger partial charge >= 0.3 is 5.97 Å². The number of rotatable bonds is 2. The first-order valence-corrected chi connectivity index (χ1v) is 5.92. The van der Waals surface area contributed by atoms with Crippen LogP contribution in [0.4, 0.5) is 0 Å². The van der Waals surface area contributed by atoms with Crippen molar-refractivity contribution in [3.8, 4) is 0 Å². The Bertz CT molecular complexity index is 493. The zero-order chi connectivity index (χ0) is 10.1. The minimum atomic E-state index is -0.961. The number of aromatic nitrogens is 1. The molecule has 3 nitrogen and oxygen atoms in total. The molecule has 14 heavy (non-hydrogen) atoms. The summed E-state index contributed by atoms with van der Waals surface area (Å²) in [5, 5.41) is 8.91. The van der Waals surface area contributed by atoms with Gasteiger partial charge in [0, 0.05) is 4.90 Å². The summed E-state index contributed by atoms with van der Waals surface area (Å²) in [6.45, 7) is 0. The van der Waals surface area contributed by atoms with Crippen LogP contribution in [0.2, 0.25) is 0 Å². The molecule has 2 aromatic rings. The van der Waals surface area contributed by atoms with Gasteiger partial charge in [-0.1, -0.05) is 0 Å². The molecule has 0 aliphatic heterocycles. The molecule has 5 heteroatoms. The van der Waals surface area contributed by atoms with Gasteiger partial charge in [0.05, 0.1) is 10.2 Å². The maximum Gasteiger partial charge on any atom is 0.365 e. The van der Waals surface area contributed by atoms with Crippen molar-refractivity contribution in [2.45, 2.75) is 4.90 Å². The summed E-state index contributed by atoms with van der Waals surface area (Å²) in [6.07, 6.45) is 1.99. The summed E-state index contributed by atoms with van der Waals surface area (Å²) in [5.74, 6) is -0.961. The van der Waals surface area contributed by atoms with Gasteiger partial charge in [0.25, 0.3) is 0 Å². The molecule has 0 fully saturated rings. The van der Waals surface area contributed by atoms with E-state index in [0.29, 0.717) is 0 Å². The smallest absolute Gasteiger partial charge is 0.365 e. The third-order valence-corrected chi connectivity index (χ3v) is 3.51. The molecule has 0 bridgehead atoms. The summed E-state index contributed by atoms with van der Waals surface area (Å²) in [6, 6.07) is 5.76. The highest BCUT2D eigenvalue weighted by Gasteiger charge is 2.10. The number of carboxylic acid groups (broad SMARTS) is 1. The number of benzene rings is 1. The molecular weight excluding hydrogens is 218 g/mol. The summed E-state index contributed by atoms with van der Waals surface area (Å²) in [5.41, 5.74) is 0.755. The van der Waals surface area contributed by atoms with Gasteiger partial charge < -0.3 is 5.11 Å². The molecule has 0 amide bonds. The van der Waals surface area contributed by atoms with E-state index in [0.717, 1.165) is 15.1 Å². The van der Waals surface area contributed by atoms with Crippen LogP contribution in [0.1, 0.15) is 9.80 Å². The normalized spacial score (nSPS) is 10.6. The van der Waals surface area contributed by atoms with Crippen LogP contribution in [0, 0.1) is 0 Å². The second kappa shape index (κ2) is 3.59. The van der Waals surface area contributed by atoms with Crippen LogP contribution in [0.3, 0.4) is 0 Å². The maximum absolute atomic E-state index is 10.7. The first kappa shape index (κ1) is 9.48. The van der Waals surface area contributed by atoms with Gasteiger partial charge in [-0.15, -0.1) is 23.1 Å². The van der Waals surface area contributed by atoms with Crippen LogP contribution >= 0.6 is 23.1 Å². The Labute approximate surface area is 88.8 Å². The van der Waals surface area contributed by atoms with Crippen LogP contribution < -0.4 is 0 Å². The predicted molar refractivity (Wildman–Crippen MR) is 58.4 cm³/mol. The van der Waals surface area contributed by atoms with E-state index >= 15 is 0 Å². The molecule has 0 aliphatic carbocycles. The van der Waals surface area contributed by atoms with Crippen molar-refractivity contribution in [3.63, 3.8) is 0 Å². The number of thioether (sulfide) groups is 1. The van der Waals surface area contributed by atoms with Crippen molar-refractivity contribution in [3.05, 3.63) is 23.2 Å². The van der Waals surface area contributed by atoms with Gasteiger partial charge in [0.15, 0.2) is 0 Å². The zero-order valence-electron chi connectivity index (χ0n) is 7.35. The fourth-order valence-electron chi connectivity index (χ4n) is 1.12. The third-order valence-electron chi connectivity index (χ3n) is 1.78. The van der Waals surface area contributed by atoms with E-state index in [4.69, 9.17) is 5.11 Å². The molecule has 1 aromatic heterocycles. The summed E-state index contributed by atoms with van der Waals surface area (Å²) < 4.78 is 0.925. The number of hydrogen-bond acceptors (Lipinski definition) is 4. The van der Waals surface area contributed by atoms with Crippen molar-refractivity contribution < 1.29 is 9.90 Å². The van der Waals surface area contributed by atoms with Crippen molar-refractivity contribution >= 4 is 39.3 Å². The fourth-order valence-corrected chi connectivity index (χ4v) is 2.48. The average Bonchev–Trinajstić information content (AvgIpc) is 2.59. The molecule has 72 valence electrons. The van der Waals surface area contributed by atoms with E-state index in [1.54, 1.807) is 11.8 Å². The lowest BCUT2D eigenvalue weighted by Gasteiger charge is -1.92. The SMILES string of the molecule is CSc1ccc2nc(C(=O)O)sc2c1. The molecule has 2 rings (SSSR count). The molecule has 0 atom stereocenters. The summed E-state index contributed by atoms with van der Waals surface area (Å²) in [4.78, 5) is 15.8. The third kappa shape index (κ3) is 1.60. The average molecular weight is 225 g/mol. The van der Waals surface area contributed by atoms with E-state index in [1.165, 1.54) is 11.3 Å². The van der Waals surface area contributed by atoms with Gasteiger partial charge in [0.1, 0.15) is 0 Å². The molecule has 0 spiro atoms. The van der Waals surface area contributed by atoms with Crippen molar-refractivity contribution in [2.75, 3.05) is 6.26 Å². The van der Waals surface area contributed by atoms with Gasteiger partial charge in [-0.25, -0.2) is 9.78 Å². The molecule has 0 saturated carbocycles. The molecule has 1 N–H and O–H groups in total. The maximum atomic E-state index is 10.7. The second-order valence-electron chi connectivity index (χ2n) is 2.66. The van der Waals surface area contributed by atoms with Gasteiger partial charge in [-0.3, -0.25) is 0 Å². The van der Waals surface area contributed by atoms with E-state index < -0.39 is 5.97 Å². The summed E-state index contributed by atoms with van der Waals surface area (Å²) >= 11 is 2.84. The topological polar surface area (TPSA) is 50.2 Å². The quantitative estimate of drug-likeness (QED) is 0.798. The Balaban J connectivity index is 2.60. The number of thiazole rings is 1. The lowest BCUT2D eigenvalue weighted by Crippen LogP contribution is -1.93. The highest BCUT2D eigenvalue weighted by Crippen LogP contribution is 2.26. The largest absolute Gasteiger partial charge is 0.476 e. The predicted octanol–water partition coefficient (Wildman–Crippen LogP) is 2.72. The molecule has 0 saturated heterocycles. The van der Waals surface area contributed by atoms with Crippen molar-refractivity contribution in [2.24, 2.45) is 0 Å². The minimum absolute atomic E-state index is 0.151. The van der Waals surface area contributed by atoms with Crippen LogP contribution in [-0.4, -0.2) is 22.3 Å². The molecular formula is C9H7NO2S2. The minimum Gasteiger partial charge on any atom is -0.476 e. The Kier molecular flexibility index (Phi) is 2.43. The van der Waals surface area contributed by atoms with Crippen molar-refractivity contribution in [1.29, 1.82) is 0 Å². The van der Waals surface area contributed by atoms with E-state index in [1.807, 2.05) is 24.5 Å². The van der Waals surface area contributed by atoms with Gasteiger partial charge in [0.2, 0.25) is 5.01 Å². The Morgan fingerprint density at radius 3 is 3.00 bits per heavy atom. The first-order chi connectivity index (χ1) is 6.70. The summed E-state index contributed by atoms with van der Waals surface area (Å²) in [7, 11) is 0. The molecule has 0 aliphatic rings. The van der Waals surface area contributed by atoms with Crippen LogP contribution in [0.5, 0.6) is 0 Å². The van der Waals surface area contributed by atoms with E-state index in [2.05, 4.69) is 4.98 Å². The number of carbonyl (C=O) groups is 1. The van der Waals surface area contributed by atoms with Crippen molar-refractivity contribution in [1.82, 2.24) is 4.98 Å². The Morgan fingerprint density at radius 1 is 1.57 bits per heavy atom. The van der Waals surface area contributed by atoms with Gasteiger partial charge in [-0.2, -0.15) is 0 Å². The van der Waals surface area contributed by atoms with E-state index in [9.17, 15) is 4.79 Å². The second-order valence-corrected chi connectivity index (χ2v) is 4.57. The monoisotopic (exact) mass is 225 g/mol. The van der Waals surface area contributed by atoms with Gasteiger partial charge in [-0.05, 0) is 24.5 Å². The Hall–Kier alpha value is -1.07. The zero-order valence-corrected chi connectivity index (χ0v) is 8.98. The molecule has 0 unspecified atom stereocenters. The number of hydrogen-bond donors (Lipinski definition) is 1. The number of nitrogens with zero attached hydrogens (tertiary/aromatic N) is 1. The molecule has 1 aromatic carbocycles.